The van der Waals surface area contributed by atoms with E-state index >= 15 is 0 Å². The van der Waals surface area contributed by atoms with Crippen LogP contribution in [0.5, 0.6) is 0 Å². The van der Waals surface area contributed by atoms with Gasteiger partial charge in [0.2, 0.25) is 0 Å². The van der Waals surface area contributed by atoms with Crippen LogP contribution in [0, 0.1) is 5.92 Å². The van der Waals surface area contributed by atoms with Gasteiger partial charge in [0.1, 0.15) is 0 Å². The van der Waals surface area contributed by atoms with Crippen molar-refractivity contribution in [2.45, 2.75) is 19.4 Å². The zero-order chi connectivity index (χ0) is 13.0. The second kappa shape index (κ2) is 6.76. The summed E-state index contributed by atoms with van der Waals surface area (Å²) < 4.78 is 0. The molecule has 1 fully saturated rings. The molecule has 0 saturated carbocycles. The number of benzene rings is 1. The molecule has 1 aliphatic heterocycles. The van der Waals surface area contributed by atoms with Crippen LogP contribution in [0.2, 0.25) is 10.0 Å². The summed E-state index contributed by atoms with van der Waals surface area (Å²) in [4.78, 5) is 2.48. The minimum Gasteiger partial charge on any atom is -0.319 e. The molecule has 1 N–H and O–H groups in total. The van der Waals surface area contributed by atoms with E-state index in [4.69, 9.17) is 23.2 Å². The number of piperidine rings is 1. The summed E-state index contributed by atoms with van der Waals surface area (Å²) in [5, 5.41) is 4.85. The SMILES string of the molecule is CNCC1CCCN(Cc2cc(Cl)ccc2Cl)C1. The monoisotopic (exact) mass is 286 g/mol. The maximum atomic E-state index is 6.22. The Kier molecular flexibility index (Phi) is 5.31. The maximum absolute atomic E-state index is 6.22. The highest BCUT2D eigenvalue weighted by Gasteiger charge is 2.19. The van der Waals surface area contributed by atoms with Gasteiger partial charge in [-0.25, -0.2) is 0 Å². The average molecular weight is 287 g/mol. The van der Waals surface area contributed by atoms with Gasteiger partial charge in [-0.1, -0.05) is 23.2 Å². The molecule has 1 atom stereocenters. The Morgan fingerprint density at radius 3 is 3.00 bits per heavy atom. The van der Waals surface area contributed by atoms with Crippen LogP contribution < -0.4 is 5.32 Å². The molecule has 1 heterocycles. The lowest BCUT2D eigenvalue weighted by molar-refractivity contribution is 0.167. The average Bonchev–Trinajstić information content (AvgIpc) is 2.35. The van der Waals surface area contributed by atoms with Gasteiger partial charge in [0.05, 0.1) is 0 Å². The van der Waals surface area contributed by atoms with Crippen LogP contribution in [0.3, 0.4) is 0 Å². The second-order valence-corrected chi connectivity index (χ2v) is 5.88. The number of likely N-dealkylation sites (tertiary alicyclic amines) is 1. The van der Waals surface area contributed by atoms with Crippen LogP contribution in [0.25, 0.3) is 0 Å². The molecule has 0 bridgehead atoms. The van der Waals surface area contributed by atoms with E-state index in [2.05, 4.69) is 10.2 Å². The lowest BCUT2D eigenvalue weighted by Gasteiger charge is -2.32. The van der Waals surface area contributed by atoms with Crippen molar-refractivity contribution in [3.05, 3.63) is 33.8 Å². The maximum Gasteiger partial charge on any atom is 0.0452 e. The van der Waals surface area contributed by atoms with Crippen molar-refractivity contribution < 1.29 is 0 Å². The number of hydrogen-bond acceptors (Lipinski definition) is 2. The summed E-state index contributed by atoms with van der Waals surface area (Å²) in [6.45, 7) is 4.30. The number of nitrogens with zero attached hydrogens (tertiary/aromatic N) is 1. The van der Waals surface area contributed by atoms with Gasteiger partial charge >= 0.3 is 0 Å². The third-order valence-corrected chi connectivity index (χ3v) is 4.10. The number of halogens is 2. The first kappa shape index (κ1) is 14.1. The molecule has 1 aromatic rings. The van der Waals surface area contributed by atoms with E-state index in [1.54, 1.807) is 0 Å². The Morgan fingerprint density at radius 1 is 1.39 bits per heavy atom. The van der Waals surface area contributed by atoms with Gasteiger partial charge in [-0.05, 0) is 62.7 Å². The molecule has 0 amide bonds. The molecule has 0 spiro atoms. The summed E-state index contributed by atoms with van der Waals surface area (Å²) in [7, 11) is 2.02. The van der Waals surface area contributed by atoms with Crippen molar-refractivity contribution in [1.82, 2.24) is 10.2 Å². The quantitative estimate of drug-likeness (QED) is 0.912. The molecule has 1 aliphatic rings. The molecule has 1 unspecified atom stereocenters. The molecule has 0 aromatic heterocycles. The van der Waals surface area contributed by atoms with Crippen molar-refractivity contribution >= 4 is 23.2 Å². The van der Waals surface area contributed by atoms with Gasteiger partial charge in [0.25, 0.3) is 0 Å². The minimum absolute atomic E-state index is 0.752. The third kappa shape index (κ3) is 3.86. The van der Waals surface area contributed by atoms with E-state index in [1.165, 1.54) is 12.8 Å². The summed E-state index contributed by atoms with van der Waals surface area (Å²) >= 11 is 12.2. The molecular weight excluding hydrogens is 267 g/mol. The Bertz CT molecular complexity index is 393. The Labute approximate surface area is 119 Å². The van der Waals surface area contributed by atoms with Crippen molar-refractivity contribution in [3.8, 4) is 0 Å². The molecule has 4 heteroatoms. The fraction of sp³-hybridized carbons (Fsp3) is 0.571. The van der Waals surface area contributed by atoms with E-state index in [9.17, 15) is 0 Å². The third-order valence-electron chi connectivity index (χ3n) is 3.50. The van der Waals surface area contributed by atoms with Gasteiger partial charge in [0.15, 0.2) is 0 Å². The van der Waals surface area contributed by atoms with Gasteiger partial charge in [-0.15, -0.1) is 0 Å². The molecule has 0 radical (unpaired) electrons. The zero-order valence-electron chi connectivity index (χ0n) is 10.8. The highest BCUT2D eigenvalue weighted by atomic mass is 35.5. The van der Waals surface area contributed by atoms with E-state index < -0.39 is 0 Å². The highest BCUT2D eigenvalue weighted by Crippen LogP contribution is 2.24. The minimum atomic E-state index is 0.752. The van der Waals surface area contributed by atoms with E-state index in [1.807, 2.05) is 25.2 Å². The molecule has 0 aliphatic carbocycles. The molecule has 2 rings (SSSR count). The standard InChI is InChI=1S/C14H20Cl2N2/c1-17-8-11-3-2-6-18(9-11)10-12-7-13(15)4-5-14(12)16/h4-5,7,11,17H,2-3,6,8-10H2,1H3. The second-order valence-electron chi connectivity index (χ2n) is 5.04. The fourth-order valence-electron chi connectivity index (χ4n) is 2.66. The van der Waals surface area contributed by atoms with Crippen LogP contribution in [-0.2, 0) is 6.54 Å². The Morgan fingerprint density at radius 2 is 2.22 bits per heavy atom. The van der Waals surface area contributed by atoms with E-state index in [0.29, 0.717) is 0 Å². The summed E-state index contributed by atoms with van der Waals surface area (Å²) in [6, 6.07) is 5.70. The predicted octanol–water partition coefficient (Wildman–Crippen LogP) is 3.42. The molecular formula is C14H20Cl2N2. The molecule has 1 saturated heterocycles. The molecule has 2 nitrogen and oxygen atoms in total. The number of nitrogens with one attached hydrogen (secondary N) is 1. The summed E-state index contributed by atoms with van der Waals surface area (Å²) in [5.41, 5.74) is 1.13. The van der Waals surface area contributed by atoms with E-state index in [0.717, 1.165) is 47.7 Å². The Balaban J connectivity index is 1.98. The van der Waals surface area contributed by atoms with Gasteiger partial charge in [-0.3, -0.25) is 4.90 Å². The number of hydrogen-bond donors (Lipinski definition) is 1. The largest absolute Gasteiger partial charge is 0.319 e. The first-order valence-electron chi connectivity index (χ1n) is 6.50. The summed E-state index contributed by atoms with van der Waals surface area (Å²) in [6.07, 6.45) is 2.59. The zero-order valence-corrected chi connectivity index (χ0v) is 12.3. The lowest BCUT2D eigenvalue weighted by Crippen LogP contribution is -2.38. The first-order valence-corrected chi connectivity index (χ1v) is 7.25. The highest BCUT2D eigenvalue weighted by molar-refractivity contribution is 6.33. The normalized spacial score (nSPS) is 21.2. The van der Waals surface area contributed by atoms with Crippen LogP contribution in [0.1, 0.15) is 18.4 Å². The van der Waals surface area contributed by atoms with Crippen LogP contribution in [-0.4, -0.2) is 31.6 Å². The molecule has 18 heavy (non-hydrogen) atoms. The molecule has 1 aromatic carbocycles. The van der Waals surface area contributed by atoms with Crippen LogP contribution >= 0.6 is 23.2 Å². The molecule has 100 valence electrons. The first-order chi connectivity index (χ1) is 8.69. The topological polar surface area (TPSA) is 15.3 Å². The van der Waals surface area contributed by atoms with Crippen molar-refractivity contribution in [1.29, 1.82) is 0 Å². The smallest absolute Gasteiger partial charge is 0.0452 e. The predicted molar refractivity (Wildman–Crippen MR) is 78.4 cm³/mol. The van der Waals surface area contributed by atoms with Crippen molar-refractivity contribution in [3.63, 3.8) is 0 Å². The summed E-state index contributed by atoms with van der Waals surface area (Å²) in [5.74, 6) is 0.752. The van der Waals surface area contributed by atoms with Gasteiger partial charge < -0.3 is 5.32 Å². The van der Waals surface area contributed by atoms with Crippen molar-refractivity contribution in [2.24, 2.45) is 5.92 Å². The lowest BCUT2D eigenvalue weighted by atomic mass is 9.97. The van der Waals surface area contributed by atoms with Crippen LogP contribution in [0.4, 0.5) is 0 Å². The van der Waals surface area contributed by atoms with Gasteiger partial charge in [0, 0.05) is 23.1 Å². The van der Waals surface area contributed by atoms with Gasteiger partial charge in [-0.2, -0.15) is 0 Å². The van der Waals surface area contributed by atoms with Crippen molar-refractivity contribution in [2.75, 3.05) is 26.7 Å². The Hall–Kier alpha value is -0.280. The van der Waals surface area contributed by atoms with E-state index in [-0.39, 0.29) is 0 Å². The number of rotatable bonds is 4. The van der Waals surface area contributed by atoms with Crippen LogP contribution in [0.15, 0.2) is 18.2 Å². The fourth-order valence-corrected chi connectivity index (χ4v) is 3.03.